The molecule has 4 rings (SSSR count). The Bertz CT molecular complexity index is 866. The lowest BCUT2D eigenvalue weighted by Crippen LogP contribution is -1.88. The molecule has 0 aliphatic heterocycles. The highest BCUT2D eigenvalue weighted by atomic mass is 79.9. The second-order valence-corrected chi connectivity index (χ2v) is 6.09. The van der Waals surface area contributed by atoms with Crippen LogP contribution in [-0.2, 0) is 0 Å². The molecule has 22 heavy (non-hydrogen) atoms. The molecular weight excluding hydrogens is 414 g/mol. The number of anilines is 1. The average Bonchev–Trinajstić information content (AvgIpc) is 3.03. The molecule has 0 saturated carbocycles. The third-order valence-corrected chi connectivity index (χ3v) is 3.99. The third kappa shape index (κ3) is 2.95. The Labute approximate surface area is 142 Å². The monoisotopic (exact) mass is 423 g/mol. The van der Waals surface area contributed by atoms with E-state index < -0.39 is 0 Å². The zero-order valence-electron chi connectivity index (χ0n) is 11.5. The van der Waals surface area contributed by atoms with E-state index in [1.54, 1.807) is 15.2 Å². The van der Waals surface area contributed by atoms with E-state index in [4.69, 9.17) is 5.73 Å². The number of nitrogens with zero attached hydrogens (tertiary/aromatic N) is 6. The number of fused-ring (bicyclic) bond motifs is 2. The fraction of sp³-hybridized carbons (Fsp3) is 0.0769. The molecule has 4 aromatic rings. The van der Waals surface area contributed by atoms with Crippen LogP contribution in [0.5, 0.6) is 0 Å². The molecule has 0 radical (unpaired) electrons. The Morgan fingerprint density at radius 3 is 2.00 bits per heavy atom. The number of halogens is 2. The minimum Gasteiger partial charge on any atom is -0.366 e. The fourth-order valence-electron chi connectivity index (χ4n) is 1.87. The van der Waals surface area contributed by atoms with Gasteiger partial charge < -0.3 is 5.73 Å². The van der Waals surface area contributed by atoms with Gasteiger partial charge in [-0.2, -0.15) is 10.1 Å². The van der Waals surface area contributed by atoms with Gasteiger partial charge in [-0.25, -0.2) is 14.0 Å². The normalized spacial score (nSPS) is 10.7. The van der Waals surface area contributed by atoms with Crippen LogP contribution in [0.25, 0.3) is 11.3 Å². The zero-order chi connectivity index (χ0) is 15.7. The molecule has 0 amide bonds. The number of aromatic nitrogens is 6. The molecule has 0 spiro atoms. The van der Waals surface area contributed by atoms with E-state index in [1.807, 2.05) is 37.4 Å². The molecule has 0 saturated heterocycles. The summed E-state index contributed by atoms with van der Waals surface area (Å²) in [6.07, 6.45) is 3.67. The van der Waals surface area contributed by atoms with Crippen LogP contribution in [0.3, 0.4) is 0 Å². The second kappa shape index (κ2) is 6.01. The molecular formula is C13H11Br2N7. The van der Waals surface area contributed by atoms with Crippen LogP contribution in [0.1, 0.15) is 5.82 Å². The van der Waals surface area contributed by atoms with Crippen molar-refractivity contribution in [2.24, 2.45) is 0 Å². The van der Waals surface area contributed by atoms with Gasteiger partial charge >= 0.3 is 0 Å². The maximum absolute atomic E-state index is 5.40. The predicted molar refractivity (Wildman–Crippen MR) is 90.5 cm³/mol. The molecule has 0 fully saturated rings. The van der Waals surface area contributed by atoms with Crippen molar-refractivity contribution in [3.05, 3.63) is 51.4 Å². The van der Waals surface area contributed by atoms with Crippen LogP contribution >= 0.6 is 31.9 Å². The molecule has 9 heteroatoms. The molecule has 4 heterocycles. The van der Waals surface area contributed by atoms with Gasteiger partial charge in [-0.3, -0.25) is 0 Å². The fourth-order valence-corrected chi connectivity index (χ4v) is 2.72. The van der Waals surface area contributed by atoms with Gasteiger partial charge in [-0.15, -0.1) is 5.10 Å². The van der Waals surface area contributed by atoms with Gasteiger partial charge in [0.25, 0.3) is 0 Å². The first-order valence-electron chi connectivity index (χ1n) is 6.28. The van der Waals surface area contributed by atoms with Gasteiger partial charge in [0.15, 0.2) is 11.3 Å². The first kappa shape index (κ1) is 14.9. The summed E-state index contributed by atoms with van der Waals surface area (Å²) in [6.45, 7) is 1.87. The summed E-state index contributed by atoms with van der Waals surface area (Å²) >= 11 is 6.72. The standard InChI is InChI=1S/C7H6BrN3.C6H5BrN4/c1-5-9-7-6(8)3-2-4-11(7)10-5;7-4-2-1-3-11-5(4)9-6(8)10-11/h2-4H,1H3;1-3H,(H2,8,10). The predicted octanol–water partition coefficient (Wildman–Crippen LogP) is 2.87. The summed E-state index contributed by atoms with van der Waals surface area (Å²) in [7, 11) is 0. The summed E-state index contributed by atoms with van der Waals surface area (Å²) < 4.78 is 5.24. The number of pyridine rings is 2. The Hall–Kier alpha value is -2.00. The smallest absolute Gasteiger partial charge is 0.240 e. The molecule has 112 valence electrons. The third-order valence-electron chi connectivity index (χ3n) is 2.75. The van der Waals surface area contributed by atoms with Crippen LogP contribution in [0.15, 0.2) is 45.6 Å². The summed E-state index contributed by atoms with van der Waals surface area (Å²) in [4.78, 5) is 8.21. The highest BCUT2D eigenvalue weighted by Gasteiger charge is 2.02. The number of nitrogens with two attached hydrogens (primary N) is 1. The first-order chi connectivity index (χ1) is 10.5. The van der Waals surface area contributed by atoms with Crippen LogP contribution in [-0.4, -0.2) is 29.2 Å². The van der Waals surface area contributed by atoms with Crippen molar-refractivity contribution in [1.82, 2.24) is 29.2 Å². The van der Waals surface area contributed by atoms with E-state index in [2.05, 4.69) is 52.0 Å². The van der Waals surface area contributed by atoms with Gasteiger partial charge in [-0.1, -0.05) is 0 Å². The molecule has 4 aromatic heterocycles. The van der Waals surface area contributed by atoms with Crippen molar-refractivity contribution in [2.75, 3.05) is 5.73 Å². The van der Waals surface area contributed by atoms with Crippen molar-refractivity contribution in [1.29, 1.82) is 0 Å². The zero-order valence-corrected chi connectivity index (χ0v) is 14.7. The molecule has 7 nitrogen and oxygen atoms in total. The van der Waals surface area contributed by atoms with Crippen LogP contribution < -0.4 is 5.73 Å². The van der Waals surface area contributed by atoms with Gasteiger partial charge in [0.1, 0.15) is 5.82 Å². The van der Waals surface area contributed by atoms with E-state index in [0.29, 0.717) is 0 Å². The summed E-state index contributed by atoms with van der Waals surface area (Å²) in [5, 5.41) is 8.08. The van der Waals surface area contributed by atoms with Crippen molar-refractivity contribution < 1.29 is 0 Å². The van der Waals surface area contributed by atoms with E-state index in [9.17, 15) is 0 Å². The van der Waals surface area contributed by atoms with Crippen molar-refractivity contribution in [2.45, 2.75) is 6.92 Å². The quantitative estimate of drug-likeness (QED) is 0.469. The van der Waals surface area contributed by atoms with E-state index in [-0.39, 0.29) is 5.95 Å². The Morgan fingerprint density at radius 1 is 0.909 bits per heavy atom. The lowest BCUT2D eigenvalue weighted by molar-refractivity contribution is 0.929. The van der Waals surface area contributed by atoms with E-state index in [0.717, 1.165) is 26.1 Å². The molecule has 0 aliphatic rings. The molecule has 0 aliphatic carbocycles. The van der Waals surface area contributed by atoms with Crippen LogP contribution in [0, 0.1) is 6.92 Å². The van der Waals surface area contributed by atoms with Gasteiger partial charge in [0.2, 0.25) is 5.95 Å². The number of nitrogen functional groups attached to an aromatic ring is 1. The van der Waals surface area contributed by atoms with Crippen molar-refractivity contribution >= 4 is 49.1 Å². The minimum absolute atomic E-state index is 0.289. The van der Waals surface area contributed by atoms with Crippen molar-refractivity contribution in [3.8, 4) is 0 Å². The van der Waals surface area contributed by atoms with Crippen LogP contribution in [0.4, 0.5) is 5.95 Å². The second-order valence-electron chi connectivity index (χ2n) is 4.38. The summed E-state index contributed by atoms with van der Waals surface area (Å²) in [5.41, 5.74) is 7.00. The molecule has 0 unspecified atom stereocenters. The topological polar surface area (TPSA) is 86.4 Å². The lowest BCUT2D eigenvalue weighted by Gasteiger charge is -1.90. The Balaban J connectivity index is 0.000000131. The SMILES string of the molecule is Cc1nc2c(Br)cccn2n1.Nc1nc2c(Br)cccn2n1. The van der Waals surface area contributed by atoms with Crippen molar-refractivity contribution in [3.63, 3.8) is 0 Å². The maximum atomic E-state index is 5.40. The molecule has 2 N–H and O–H groups in total. The summed E-state index contributed by atoms with van der Waals surface area (Å²) in [5.74, 6) is 1.08. The number of hydrogen-bond donors (Lipinski definition) is 1. The summed E-state index contributed by atoms with van der Waals surface area (Å²) in [6, 6.07) is 7.63. The highest BCUT2D eigenvalue weighted by molar-refractivity contribution is 9.11. The first-order valence-corrected chi connectivity index (χ1v) is 7.87. The number of aryl methyl sites for hydroxylation is 1. The largest absolute Gasteiger partial charge is 0.366 e. The lowest BCUT2D eigenvalue weighted by atomic mass is 10.5. The number of hydrogen-bond acceptors (Lipinski definition) is 5. The average molecular weight is 425 g/mol. The minimum atomic E-state index is 0.289. The molecule has 0 bridgehead atoms. The highest BCUT2D eigenvalue weighted by Crippen LogP contribution is 2.15. The van der Waals surface area contributed by atoms with Gasteiger partial charge in [0.05, 0.1) is 8.95 Å². The van der Waals surface area contributed by atoms with E-state index in [1.165, 1.54) is 0 Å². The van der Waals surface area contributed by atoms with E-state index >= 15 is 0 Å². The molecule has 0 aromatic carbocycles. The Kier molecular flexibility index (Phi) is 4.08. The van der Waals surface area contributed by atoms with Gasteiger partial charge in [0, 0.05) is 12.4 Å². The van der Waals surface area contributed by atoms with Gasteiger partial charge in [-0.05, 0) is 63.0 Å². The Morgan fingerprint density at radius 2 is 1.45 bits per heavy atom. The molecule has 0 atom stereocenters. The maximum Gasteiger partial charge on any atom is 0.240 e. The number of rotatable bonds is 0. The van der Waals surface area contributed by atoms with Crippen LogP contribution in [0.2, 0.25) is 0 Å².